The highest BCUT2D eigenvalue weighted by atomic mass is 32.2. The molecule has 0 heterocycles. The number of carbonyl (C=O) groups is 2. The minimum atomic E-state index is -0.532. The minimum absolute atomic E-state index is 0.0993. The van der Waals surface area contributed by atoms with Crippen molar-refractivity contribution in [1.29, 1.82) is 0 Å². The van der Waals surface area contributed by atoms with Crippen molar-refractivity contribution >= 4 is 35.0 Å². The number of nitro benzene ring substituents is 1. The molecule has 0 atom stereocenters. The van der Waals surface area contributed by atoms with Crippen molar-refractivity contribution in [2.45, 2.75) is 38.5 Å². The molecule has 0 bridgehead atoms. The molecular weight excluding hydrogens is 402 g/mol. The van der Waals surface area contributed by atoms with E-state index in [-0.39, 0.29) is 23.7 Å². The molecule has 8 heteroatoms. The monoisotopic (exact) mass is 429 g/mol. The molecule has 2 rings (SSSR count). The Bertz CT molecular complexity index is 915. The van der Waals surface area contributed by atoms with Gasteiger partial charge in [0.1, 0.15) is 0 Å². The van der Waals surface area contributed by atoms with Crippen molar-refractivity contribution in [3.05, 3.63) is 63.7 Å². The highest BCUT2D eigenvalue weighted by molar-refractivity contribution is 7.99. The fourth-order valence-electron chi connectivity index (χ4n) is 2.74. The Balaban J connectivity index is 1.99. The van der Waals surface area contributed by atoms with E-state index < -0.39 is 10.8 Å². The number of aryl methyl sites for hydroxylation is 1. The Morgan fingerprint density at radius 3 is 2.57 bits per heavy atom. The standard InChI is InChI=1S/C22H27N3O4S/c1-4-16-7-5-6-8-18(16)24-21(26)14-23-22(27)17-9-10-20(19(13-17)25(28)29)30-12-11-15(2)3/h5-10,13,15H,4,11-12,14H2,1-3H3,(H,23,27)(H,24,26). The molecule has 0 saturated carbocycles. The molecule has 30 heavy (non-hydrogen) atoms. The number of hydrogen-bond donors (Lipinski definition) is 2. The maximum absolute atomic E-state index is 12.4. The third-order valence-electron chi connectivity index (χ3n) is 4.45. The van der Waals surface area contributed by atoms with Gasteiger partial charge in [-0.3, -0.25) is 19.7 Å². The number of carbonyl (C=O) groups excluding carboxylic acids is 2. The predicted octanol–water partition coefficient (Wildman–Crippen LogP) is 4.66. The largest absolute Gasteiger partial charge is 0.343 e. The fraction of sp³-hybridized carbons (Fsp3) is 0.364. The topological polar surface area (TPSA) is 101 Å². The highest BCUT2D eigenvalue weighted by Crippen LogP contribution is 2.31. The molecule has 2 amide bonds. The molecule has 0 aliphatic carbocycles. The van der Waals surface area contributed by atoms with Gasteiger partial charge in [0, 0.05) is 17.3 Å². The minimum Gasteiger partial charge on any atom is -0.343 e. The van der Waals surface area contributed by atoms with Gasteiger partial charge >= 0.3 is 0 Å². The van der Waals surface area contributed by atoms with E-state index in [2.05, 4.69) is 24.5 Å². The molecule has 0 aliphatic rings. The fourth-order valence-corrected chi connectivity index (χ4v) is 3.99. The highest BCUT2D eigenvalue weighted by Gasteiger charge is 2.18. The molecule has 0 fully saturated rings. The van der Waals surface area contributed by atoms with Crippen LogP contribution in [0.4, 0.5) is 11.4 Å². The number of benzene rings is 2. The second kappa shape index (κ2) is 11.3. The van der Waals surface area contributed by atoms with Crippen LogP contribution in [0.3, 0.4) is 0 Å². The van der Waals surface area contributed by atoms with Crippen LogP contribution in [0.5, 0.6) is 0 Å². The maximum Gasteiger partial charge on any atom is 0.283 e. The molecule has 0 unspecified atom stereocenters. The summed E-state index contributed by atoms with van der Waals surface area (Å²) in [5.74, 6) is 0.385. The van der Waals surface area contributed by atoms with Gasteiger partial charge in [0.25, 0.3) is 11.6 Å². The van der Waals surface area contributed by atoms with E-state index in [1.807, 2.05) is 25.1 Å². The van der Waals surface area contributed by atoms with Crippen molar-refractivity contribution in [3.8, 4) is 0 Å². The molecule has 0 radical (unpaired) electrons. The lowest BCUT2D eigenvalue weighted by Gasteiger charge is -2.11. The van der Waals surface area contributed by atoms with E-state index in [0.717, 1.165) is 24.2 Å². The summed E-state index contributed by atoms with van der Waals surface area (Å²) in [5, 5.41) is 16.7. The van der Waals surface area contributed by atoms with E-state index in [0.29, 0.717) is 16.5 Å². The van der Waals surface area contributed by atoms with Gasteiger partial charge < -0.3 is 10.6 Å². The number of anilines is 1. The van der Waals surface area contributed by atoms with Gasteiger partial charge in [-0.25, -0.2) is 0 Å². The van der Waals surface area contributed by atoms with Crippen LogP contribution in [-0.4, -0.2) is 29.0 Å². The Morgan fingerprint density at radius 1 is 1.17 bits per heavy atom. The number of thioether (sulfide) groups is 1. The first-order valence-corrected chi connectivity index (χ1v) is 10.9. The lowest BCUT2D eigenvalue weighted by molar-refractivity contribution is -0.387. The zero-order valence-corrected chi connectivity index (χ0v) is 18.3. The molecule has 2 N–H and O–H groups in total. The Hall–Kier alpha value is -2.87. The summed E-state index contributed by atoms with van der Waals surface area (Å²) in [4.78, 5) is 36.0. The van der Waals surface area contributed by atoms with Crippen LogP contribution >= 0.6 is 11.8 Å². The van der Waals surface area contributed by atoms with Gasteiger partial charge in [-0.15, -0.1) is 11.8 Å². The number of nitrogens with one attached hydrogen (secondary N) is 2. The quantitative estimate of drug-likeness (QED) is 0.325. The summed E-state index contributed by atoms with van der Waals surface area (Å²) >= 11 is 1.41. The van der Waals surface area contributed by atoms with E-state index in [1.54, 1.807) is 18.2 Å². The Labute approximate surface area is 180 Å². The van der Waals surface area contributed by atoms with Crippen molar-refractivity contribution in [2.24, 2.45) is 5.92 Å². The lowest BCUT2D eigenvalue weighted by Crippen LogP contribution is -2.33. The smallest absolute Gasteiger partial charge is 0.283 e. The zero-order valence-electron chi connectivity index (χ0n) is 17.4. The van der Waals surface area contributed by atoms with Crippen LogP contribution in [0, 0.1) is 16.0 Å². The number of rotatable bonds is 10. The average Bonchev–Trinajstić information content (AvgIpc) is 2.72. The zero-order chi connectivity index (χ0) is 22.1. The first kappa shape index (κ1) is 23.4. The first-order chi connectivity index (χ1) is 14.3. The predicted molar refractivity (Wildman–Crippen MR) is 120 cm³/mol. The molecule has 2 aromatic rings. The van der Waals surface area contributed by atoms with Crippen LogP contribution in [0.25, 0.3) is 0 Å². The van der Waals surface area contributed by atoms with E-state index in [4.69, 9.17) is 0 Å². The molecule has 0 aromatic heterocycles. The van der Waals surface area contributed by atoms with Crippen molar-refractivity contribution < 1.29 is 14.5 Å². The molecule has 0 saturated heterocycles. The summed E-state index contributed by atoms with van der Waals surface area (Å²) in [6.07, 6.45) is 1.72. The van der Waals surface area contributed by atoms with Crippen molar-refractivity contribution in [2.75, 3.05) is 17.6 Å². The van der Waals surface area contributed by atoms with E-state index in [1.165, 1.54) is 17.8 Å². The normalized spacial score (nSPS) is 10.7. The summed E-state index contributed by atoms with van der Waals surface area (Å²) in [6, 6.07) is 11.9. The van der Waals surface area contributed by atoms with Gasteiger partial charge in [-0.05, 0) is 48.3 Å². The Kier molecular flexibility index (Phi) is 8.86. The van der Waals surface area contributed by atoms with E-state index >= 15 is 0 Å². The van der Waals surface area contributed by atoms with E-state index in [9.17, 15) is 19.7 Å². The van der Waals surface area contributed by atoms with Crippen molar-refractivity contribution in [1.82, 2.24) is 5.32 Å². The number of nitro groups is 1. The van der Waals surface area contributed by atoms with Gasteiger partial charge in [-0.1, -0.05) is 39.0 Å². The van der Waals surface area contributed by atoms with Gasteiger partial charge in [-0.2, -0.15) is 0 Å². The van der Waals surface area contributed by atoms with Gasteiger partial charge in [0.2, 0.25) is 5.91 Å². The number of para-hydroxylation sites is 1. The molecule has 160 valence electrons. The second-order valence-electron chi connectivity index (χ2n) is 7.21. The van der Waals surface area contributed by atoms with Gasteiger partial charge in [0.15, 0.2) is 0 Å². The molecule has 0 spiro atoms. The molecular formula is C22H27N3O4S. The number of nitrogens with zero attached hydrogens (tertiary/aromatic N) is 1. The van der Waals surface area contributed by atoms with Gasteiger partial charge in [0.05, 0.1) is 16.4 Å². The molecule has 0 aliphatic heterocycles. The number of hydrogen-bond acceptors (Lipinski definition) is 5. The lowest BCUT2D eigenvalue weighted by atomic mass is 10.1. The van der Waals surface area contributed by atoms with Crippen LogP contribution in [-0.2, 0) is 11.2 Å². The summed E-state index contributed by atoms with van der Waals surface area (Å²) in [6.45, 7) is 5.96. The summed E-state index contributed by atoms with van der Waals surface area (Å²) in [5.41, 5.74) is 1.76. The van der Waals surface area contributed by atoms with Crippen LogP contribution in [0.1, 0.15) is 43.1 Å². The SMILES string of the molecule is CCc1ccccc1NC(=O)CNC(=O)c1ccc(SCCC(C)C)c([N+](=O)[O-])c1. The van der Waals surface area contributed by atoms with Crippen LogP contribution in [0.15, 0.2) is 47.4 Å². The molecule has 2 aromatic carbocycles. The van der Waals surface area contributed by atoms with Crippen LogP contribution in [0.2, 0.25) is 0 Å². The summed E-state index contributed by atoms with van der Waals surface area (Å²) in [7, 11) is 0. The maximum atomic E-state index is 12.4. The first-order valence-electron chi connectivity index (χ1n) is 9.89. The second-order valence-corrected chi connectivity index (χ2v) is 8.35. The number of amides is 2. The van der Waals surface area contributed by atoms with Crippen molar-refractivity contribution in [3.63, 3.8) is 0 Å². The third-order valence-corrected chi connectivity index (χ3v) is 5.55. The van der Waals surface area contributed by atoms with Crippen LogP contribution < -0.4 is 10.6 Å². The summed E-state index contributed by atoms with van der Waals surface area (Å²) < 4.78 is 0. The Morgan fingerprint density at radius 2 is 1.90 bits per heavy atom. The average molecular weight is 430 g/mol. The molecule has 7 nitrogen and oxygen atoms in total. The third kappa shape index (κ3) is 6.88.